The Morgan fingerprint density at radius 1 is 1.53 bits per heavy atom. The highest BCUT2D eigenvalue weighted by Crippen LogP contribution is 2.29. The van der Waals surface area contributed by atoms with Crippen LogP contribution in [0.25, 0.3) is 0 Å². The molecule has 0 amide bonds. The van der Waals surface area contributed by atoms with Crippen LogP contribution in [0.3, 0.4) is 0 Å². The van der Waals surface area contributed by atoms with Gasteiger partial charge in [-0.05, 0) is 31.6 Å². The van der Waals surface area contributed by atoms with Gasteiger partial charge in [0.25, 0.3) is 0 Å². The highest BCUT2D eigenvalue weighted by molar-refractivity contribution is 5.90. The number of aromatic carboxylic acids is 1. The molecular formula is C15H21NO3. The van der Waals surface area contributed by atoms with Gasteiger partial charge in [-0.1, -0.05) is 19.8 Å². The number of aromatic nitrogens is 1. The smallest absolute Gasteiger partial charge is 0.341 e. The monoisotopic (exact) mass is 263 g/mol. The molecule has 0 spiro atoms. The number of carboxylic acid groups (broad SMARTS) is 1. The van der Waals surface area contributed by atoms with Gasteiger partial charge in [-0.2, -0.15) is 0 Å². The minimum absolute atomic E-state index is 0.148. The van der Waals surface area contributed by atoms with E-state index < -0.39 is 5.97 Å². The molecule has 1 aromatic rings. The topological polar surface area (TPSA) is 59.4 Å². The van der Waals surface area contributed by atoms with Gasteiger partial charge in [0, 0.05) is 18.0 Å². The quantitative estimate of drug-likeness (QED) is 0.905. The van der Waals surface area contributed by atoms with Gasteiger partial charge in [-0.15, -0.1) is 0 Å². The summed E-state index contributed by atoms with van der Waals surface area (Å²) in [6.45, 7) is 4.71. The van der Waals surface area contributed by atoms with Crippen LogP contribution in [-0.4, -0.2) is 22.7 Å². The first-order valence-corrected chi connectivity index (χ1v) is 6.89. The number of aryl methyl sites for hydroxylation is 1. The van der Waals surface area contributed by atoms with Crippen LogP contribution in [0.4, 0.5) is 0 Å². The SMILES string of the molecule is Cc1cc(OCC2CCCC(C)C2)c(C(=O)O)cn1. The van der Waals surface area contributed by atoms with Crippen molar-refractivity contribution < 1.29 is 14.6 Å². The Labute approximate surface area is 113 Å². The van der Waals surface area contributed by atoms with Crippen LogP contribution in [-0.2, 0) is 0 Å². The minimum Gasteiger partial charge on any atom is -0.492 e. The van der Waals surface area contributed by atoms with Crippen LogP contribution in [0.5, 0.6) is 5.75 Å². The lowest BCUT2D eigenvalue weighted by Crippen LogP contribution is -2.20. The number of rotatable bonds is 4. The first-order chi connectivity index (χ1) is 9.06. The molecule has 4 nitrogen and oxygen atoms in total. The number of carboxylic acids is 1. The first kappa shape index (κ1) is 13.8. The molecule has 0 aliphatic heterocycles. The second kappa shape index (κ2) is 6.04. The van der Waals surface area contributed by atoms with E-state index in [9.17, 15) is 4.79 Å². The van der Waals surface area contributed by atoms with Crippen molar-refractivity contribution in [3.8, 4) is 5.75 Å². The molecule has 1 aromatic heterocycles. The Bertz CT molecular complexity index is 459. The van der Waals surface area contributed by atoms with Crippen LogP contribution in [0, 0.1) is 18.8 Å². The van der Waals surface area contributed by atoms with E-state index >= 15 is 0 Å². The first-order valence-electron chi connectivity index (χ1n) is 6.89. The summed E-state index contributed by atoms with van der Waals surface area (Å²) < 4.78 is 5.75. The van der Waals surface area contributed by atoms with E-state index in [0.717, 1.165) is 11.6 Å². The molecule has 2 unspecified atom stereocenters. The maximum atomic E-state index is 11.1. The lowest BCUT2D eigenvalue weighted by atomic mass is 9.83. The molecule has 2 rings (SSSR count). The van der Waals surface area contributed by atoms with Crippen molar-refractivity contribution in [1.29, 1.82) is 0 Å². The van der Waals surface area contributed by atoms with E-state index in [1.165, 1.54) is 31.9 Å². The van der Waals surface area contributed by atoms with Crippen molar-refractivity contribution in [3.63, 3.8) is 0 Å². The normalized spacial score (nSPS) is 23.1. The van der Waals surface area contributed by atoms with Gasteiger partial charge in [0.1, 0.15) is 11.3 Å². The van der Waals surface area contributed by atoms with Gasteiger partial charge < -0.3 is 9.84 Å². The van der Waals surface area contributed by atoms with Crippen LogP contribution in [0.1, 0.15) is 48.7 Å². The predicted molar refractivity (Wildman–Crippen MR) is 72.6 cm³/mol. The molecule has 104 valence electrons. The molecule has 1 aliphatic rings. The average molecular weight is 263 g/mol. The highest BCUT2D eigenvalue weighted by atomic mass is 16.5. The molecular weight excluding hydrogens is 242 g/mol. The number of hydrogen-bond donors (Lipinski definition) is 1. The lowest BCUT2D eigenvalue weighted by Gasteiger charge is -2.26. The Balaban J connectivity index is 2.02. The van der Waals surface area contributed by atoms with E-state index in [-0.39, 0.29) is 5.56 Å². The summed E-state index contributed by atoms with van der Waals surface area (Å²) in [4.78, 5) is 15.1. The Morgan fingerprint density at radius 2 is 2.32 bits per heavy atom. The van der Waals surface area contributed by atoms with E-state index in [4.69, 9.17) is 9.84 Å². The largest absolute Gasteiger partial charge is 0.492 e. The second-order valence-corrected chi connectivity index (χ2v) is 5.58. The summed E-state index contributed by atoms with van der Waals surface area (Å²) in [5, 5.41) is 9.12. The van der Waals surface area contributed by atoms with Gasteiger partial charge in [0.05, 0.1) is 6.61 Å². The van der Waals surface area contributed by atoms with E-state index in [0.29, 0.717) is 18.3 Å². The van der Waals surface area contributed by atoms with Crippen LogP contribution < -0.4 is 4.74 Å². The van der Waals surface area contributed by atoms with Gasteiger partial charge in [0.15, 0.2) is 0 Å². The zero-order chi connectivity index (χ0) is 13.8. The number of nitrogens with zero attached hydrogens (tertiary/aromatic N) is 1. The van der Waals surface area contributed by atoms with Gasteiger partial charge in [0.2, 0.25) is 0 Å². The zero-order valence-electron chi connectivity index (χ0n) is 11.6. The van der Waals surface area contributed by atoms with Gasteiger partial charge in [-0.25, -0.2) is 4.79 Å². The summed E-state index contributed by atoms with van der Waals surface area (Å²) in [7, 11) is 0. The standard InChI is InChI=1S/C15H21NO3/c1-10-4-3-5-12(6-10)9-19-14-7-11(2)16-8-13(14)15(17)18/h7-8,10,12H,3-6,9H2,1-2H3,(H,17,18). The minimum atomic E-state index is -0.987. The fraction of sp³-hybridized carbons (Fsp3) is 0.600. The molecule has 19 heavy (non-hydrogen) atoms. The molecule has 1 fully saturated rings. The molecule has 0 saturated heterocycles. The number of hydrogen-bond acceptors (Lipinski definition) is 3. The third-order valence-corrected chi connectivity index (χ3v) is 3.75. The van der Waals surface area contributed by atoms with E-state index in [2.05, 4.69) is 11.9 Å². The number of ether oxygens (including phenoxy) is 1. The van der Waals surface area contributed by atoms with Crippen molar-refractivity contribution in [1.82, 2.24) is 4.98 Å². The summed E-state index contributed by atoms with van der Waals surface area (Å²) in [5.41, 5.74) is 0.923. The molecule has 1 saturated carbocycles. The average Bonchev–Trinajstić information content (AvgIpc) is 2.36. The van der Waals surface area contributed by atoms with Gasteiger partial charge >= 0.3 is 5.97 Å². The summed E-state index contributed by atoms with van der Waals surface area (Å²) in [6, 6.07) is 1.70. The van der Waals surface area contributed by atoms with Crippen molar-refractivity contribution in [2.75, 3.05) is 6.61 Å². The molecule has 1 N–H and O–H groups in total. The van der Waals surface area contributed by atoms with Crippen molar-refractivity contribution in [3.05, 3.63) is 23.5 Å². The summed E-state index contributed by atoms with van der Waals surface area (Å²) in [5.74, 6) is 0.747. The summed E-state index contributed by atoms with van der Waals surface area (Å²) >= 11 is 0. The highest BCUT2D eigenvalue weighted by Gasteiger charge is 2.20. The predicted octanol–water partition coefficient (Wildman–Crippen LogP) is 3.29. The molecule has 4 heteroatoms. The van der Waals surface area contributed by atoms with Gasteiger partial charge in [-0.3, -0.25) is 4.98 Å². The zero-order valence-corrected chi connectivity index (χ0v) is 11.6. The van der Waals surface area contributed by atoms with E-state index in [1.54, 1.807) is 6.07 Å². The Morgan fingerprint density at radius 3 is 3.00 bits per heavy atom. The van der Waals surface area contributed by atoms with Crippen molar-refractivity contribution in [2.24, 2.45) is 11.8 Å². The third-order valence-electron chi connectivity index (χ3n) is 3.75. The summed E-state index contributed by atoms with van der Waals surface area (Å²) in [6.07, 6.45) is 6.27. The number of carbonyl (C=O) groups is 1. The fourth-order valence-corrected chi connectivity index (χ4v) is 2.73. The van der Waals surface area contributed by atoms with Crippen molar-refractivity contribution >= 4 is 5.97 Å². The van der Waals surface area contributed by atoms with E-state index in [1.807, 2.05) is 6.92 Å². The third kappa shape index (κ3) is 3.69. The molecule has 2 atom stereocenters. The Hall–Kier alpha value is -1.58. The Kier molecular flexibility index (Phi) is 4.40. The van der Waals surface area contributed by atoms with Crippen molar-refractivity contribution in [2.45, 2.75) is 39.5 Å². The molecule has 1 heterocycles. The molecule has 0 bridgehead atoms. The lowest BCUT2D eigenvalue weighted by molar-refractivity contribution is 0.0689. The maximum Gasteiger partial charge on any atom is 0.341 e. The molecule has 0 aromatic carbocycles. The van der Waals surface area contributed by atoms with Crippen LogP contribution in [0.15, 0.2) is 12.3 Å². The second-order valence-electron chi connectivity index (χ2n) is 5.58. The fourth-order valence-electron chi connectivity index (χ4n) is 2.73. The number of pyridine rings is 1. The molecule has 1 aliphatic carbocycles. The molecule has 0 radical (unpaired) electrons. The van der Waals surface area contributed by atoms with Crippen LogP contribution in [0.2, 0.25) is 0 Å². The van der Waals surface area contributed by atoms with Crippen LogP contribution >= 0.6 is 0 Å². The maximum absolute atomic E-state index is 11.1.